The summed E-state index contributed by atoms with van der Waals surface area (Å²) >= 11 is 0. The first-order chi connectivity index (χ1) is 10.1. The van der Waals surface area contributed by atoms with E-state index < -0.39 is 6.10 Å². The summed E-state index contributed by atoms with van der Waals surface area (Å²) in [6.45, 7) is 4.19. The lowest BCUT2D eigenvalue weighted by Gasteiger charge is -2.14. The Morgan fingerprint density at radius 3 is 2.95 bits per heavy atom. The van der Waals surface area contributed by atoms with Gasteiger partial charge in [-0.25, -0.2) is 9.97 Å². The molecule has 2 heterocycles. The van der Waals surface area contributed by atoms with Crippen LogP contribution in [0.3, 0.4) is 0 Å². The summed E-state index contributed by atoms with van der Waals surface area (Å²) in [5.41, 5.74) is 1.28. The molecule has 2 aromatic heterocycles. The molecule has 0 saturated heterocycles. The Labute approximate surface area is 123 Å². The van der Waals surface area contributed by atoms with Crippen molar-refractivity contribution in [2.45, 2.75) is 32.8 Å². The van der Waals surface area contributed by atoms with Crippen LogP contribution in [0, 0.1) is 6.92 Å². The topological polar surface area (TPSA) is 90.9 Å². The largest absolute Gasteiger partial charge is 0.385 e. The number of aliphatic hydroxyl groups is 1. The van der Waals surface area contributed by atoms with Crippen LogP contribution in [0.2, 0.25) is 0 Å². The molecule has 0 aliphatic heterocycles. The highest BCUT2D eigenvalue weighted by Gasteiger charge is 2.10. The monoisotopic (exact) mass is 288 g/mol. The van der Waals surface area contributed by atoms with Gasteiger partial charge in [0.1, 0.15) is 17.7 Å². The number of hydrogen-bond donors (Lipinski definition) is 3. The van der Waals surface area contributed by atoms with Crippen molar-refractivity contribution < 1.29 is 5.11 Å². The molecule has 21 heavy (non-hydrogen) atoms. The second kappa shape index (κ2) is 6.99. The highest BCUT2D eigenvalue weighted by atomic mass is 16.3. The zero-order valence-corrected chi connectivity index (χ0v) is 12.3. The van der Waals surface area contributed by atoms with Gasteiger partial charge in [0.15, 0.2) is 0 Å². The fraction of sp³-hybridized carbons (Fsp3) is 0.400. The molecule has 0 radical (unpaired) electrons. The highest BCUT2D eigenvalue weighted by molar-refractivity contribution is 5.43. The van der Waals surface area contributed by atoms with Crippen LogP contribution in [0.5, 0.6) is 0 Å². The van der Waals surface area contributed by atoms with Gasteiger partial charge in [0.05, 0.1) is 0 Å². The lowest BCUT2D eigenvalue weighted by molar-refractivity contribution is 0.186. The number of aliphatic hydroxyl groups excluding tert-OH is 1. The summed E-state index contributed by atoms with van der Waals surface area (Å²) < 4.78 is 0. The van der Waals surface area contributed by atoms with Gasteiger partial charge >= 0.3 is 0 Å². The van der Waals surface area contributed by atoms with E-state index in [1.165, 1.54) is 6.07 Å². The number of nitrogens with one attached hydrogen (secondary N) is 2. The van der Waals surface area contributed by atoms with Crippen molar-refractivity contribution in [3.05, 3.63) is 51.8 Å². The lowest BCUT2D eigenvalue weighted by atomic mass is 10.1. The van der Waals surface area contributed by atoms with Crippen LogP contribution in [0.15, 0.2) is 29.2 Å². The smallest absolute Gasteiger partial charge is 0.248 e. The zero-order chi connectivity index (χ0) is 15.2. The molecule has 0 aromatic carbocycles. The maximum absolute atomic E-state index is 11.2. The van der Waals surface area contributed by atoms with Crippen LogP contribution in [0.25, 0.3) is 0 Å². The minimum absolute atomic E-state index is 0.226. The molecule has 6 nitrogen and oxygen atoms in total. The molecule has 0 amide bonds. The van der Waals surface area contributed by atoms with E-state index in [0.717, 1.165) is 24.2 Å². The van der Waals surface area contributed by atoms with Gasteiger partial charge < -0.3 is 15.4 Å². The Hall–Kier alpha value is -2.21. The second-order valence-electron chi connectivity index (χ2n) is 4.91. The van der Waals surface area contributed by atoms with Crippen molar-refractivity contribution >= 4 is 5.82 Å². The average molecular weight is 288 g/mol. The number of nitrogens with zero attached hydrogens (tertiary/aromatic N) is 2. The first-order valence-electron chi connectivity index (χ1n) is 7.04. The molecule has 0 aliphatic rings. The fourth-order valence-electron chi connectivity index (χ4n) is 2.06. The summed E-state index contributed by atoms with van der Waals surface area (Å²) in [5.74, 6) is 1.42. The van der Waals surface area contributed by atoms with Crippen molar-refractivity contribution in [1.82, 2.24) is 15.0 Å². The third-order valence-corrected chi connectivity index (χ3v) is 3.12. The predicted molar refractivity (Wildman–Crippen MR) is 81.3 cm³/mol. The molecule has 2 rings (SSSR count). The van der Waals surface area contributed by atoms with Gasteiger partial charge in [-0.1, -0.05) is 19.4 Å². The molecule has 0 spiro atoms. The Bertz CT molecular complexity index is 654. The Morgan fingerprint density at radius 2 is 2.24 bits per heavy atom. The highest BCUT2D eigenvalue weighted by Crippen LogP contribution is 2.16. The molecule has 3 N–H and O–H groups in total. The SMILES string of the molecule is CCCc1cnc(C)nc1NCC(O)c1cccc(=O)[nH]1. The third kappa shape index (κ3) is 4.13. The maximum Gasteiger partial charge on any atom is 0.248 e. The molecule has 0 saturated carbocycles. The molecule has 6 heteroatoms. The van der Waals surface area contributed by atoms with Gasteiger partial charge in [-0.15, -0.1) is 0 Å². The fourth-order valence-corrected chi connectivity index (χ4v) is 2.06. The van der Waals surface area contributed by atoms with E-state index in [1.54, 1.807) is 12.1 Å². The van der Waals surface area contributed by atoms with Gasteiger partial charge in [-0.3, -0.25) is 4.79 Å². The third-order valence-electron chi connectivity index (χ3n) is 3.12. The van der Waals surface area contributed by atoms with E-state index in [1.807, 2.05) is 13.1 Å². The summed E-state index contributed by atoms with van der Waals surface area (Å²) in [6.07, 6.45) is 2.88. The molecule has 1 atom stereocenters. The van der Waals surface area contributed by atoms with Crippen molar-refractivity contribution in [1.29, 1.82) is 0 Å². The predicted octanol–water partition coefficient (Wildman–Crippen LogP) is 1.57. The molecule has 0 fully saturated rings. The number of aromatic nitrogens is 3. The van der Waals surface area contributed by atoms with Crippen LogP contribution >= 0.6 is 0 Å². The van der Waals surface area contributed by atoms with Crippen LogP contribution in [-0.4, -0.2) is 26.6 Å². The number of anilines is 1. The number of aryl methyl sites for hydroxylation is 2. The maximum atomic E-state index is 11.2. The number of aromatic amines is 1. The van der Waals surface area contributed by atoms with Gasteiger partial charge in [0, 0.05) is 30.1 Å². The van der Waals surface area contributed by atoms with Crippen LogP contribution in [-0.2, 0) is 6.42 Å². The van der Waals surface area contributed by atoms with E-state index in [-0.39, 0.29) is 12.1 Å². The second-order valence-corrected chi connectivity index (χ2v) is 4.91. The Morgan fingerprint density at radius 1 is 1.43 bits per heavy atom. The summed E-state index contributed by atoms with van der Waals surface area (Å²) in [5, 5.41) is 13.3. The number of pyridine rings is 1. The van der Waals surface area contributed by atoms with E-state index >= 15 is 0 Å². The standard InChI is InChI=1S/C15H20N4O2/c1-3-5-11-8-16-10(2)18-15(11)17-9-13(20)12-6-4-7-14(21)19-12/h4,6-8,13,20H,3,5,9H2,1-2H3,(H,19,21)(H,16,17,18). The first-order valence-corrected chi connectivity index (χ1v) is 7.04. The average Bonchev–Trinajstić information content (AvgIpc) is 2.47. The van der Waals surface area contributed by atoms with E-state index in [2.05, 4.69) is 27.2 Å². The van der Waals surface area contributed by atoms with E-state index in [4.69, 9.17) is 0 Å². The minimum atomic E-state index is -0.802. The van der Waals surface area contributed by atoms with Crippen LogP contribution < -0.4 is 10.9 Å². The van der Waals surface area contributed by atoms with Gasteiger partial charge in [0.25, 0.3) is 0 Å². The Kier molecular flexibility index (Phi) is 5.05. The summed E-state index contributed by atoms with van der Waals surface area (Å²) in [6, 6.07) is 4.72. The number of hydrogen-bond acceptors (Lipinski definition) is 5. The lowest BCUT2D eigenvalue weighted by Crippen LogP contribution is -2.18. The summed E-state index contributed by atoms with van der Waals surface area (Å²) in [7, 11) is 0. The molecule has 0 aliphatic carbocycles. The molecular formula is C15H20N4O2. The molecule has 1 unspecified atom stereocenters. The quantitative estimate of drug-likeness (QED) is 0.750. The van der Waals surface area contributed by atoms with Crippen molar-refractivity contribution in [2.75, 3.05) is 11.9 Å². The van der Waals surface area contributed by atoms with Crippen molar-refractivity contribution in [2.24, 2.45) is 0 Å². The normalized spacial score (nSPS) is 12.1. The minimum Gasteiger partial charge on any atom is -0.385 e. The van der Waals surface area contributed by atoms with Crippen LogP contribution in [0.1, 0.15) is 36.5 Å². The van der Waals surface area contributed by atoms with Gasteiger partial charge in [-0.05, 0) is 19.4 Å². The first kappa shape index (κ1) is 15.2. The van der Waals surface area contributed by atoms with Gasteiger partial charge in [0.2, 0.25) is 5.56 Å². The summed E-state index contributed by atoms with van der Waals surface area (Å²) in [4.78, 5) is 22.4. The number of rotatable bonds is 6. The Balaban J connectivity index is 2.08. The van der Waals surface area contributed by atoms with E-state index in [9.17, 15) is 9.90 Å². The van der Waals surface area contributed by atoms with E-state index in [0.29, 0.717) is 11.5 Å². The van der Waals surface area contributed by atoms with Crippen LogP contribution in [0.4, 0.5) is 5.82 Å². The van der Waals surface area contributed by atoms with Crippen molar-refractivity contribution in [3.63, 3.8) is 0 Å². The number of H-pyrrole nitrogens is 1. The zero-order valence-electron chi connectivity index (χ0n) is 12.3. The molecule has 112 valence electrons. The molecular weight excluding hydrogens is 268 g/mol. The van der Waals surface area contributed by atoms with Crippen molar-refractivity contribution in [3.8, 4) is 0 Å². The molecule has 0 bridgehead atoms. The molecule has 2 aromatic rings. The van der Waals surface area contributed by atoms with Gasteiger partial charge in [-0.2, -0.15) is 0 Å².